The third kappa shape index (κ3) is 4.17. The molecule has 3 heterocycles. The maximum atomic E-state index is 13.8. The van der Waals surface area contributed by atoms with Crippen molar-refractivity contribution < 1.29 is 14.3 Å². The van der Waals surface area contributed by atoms with Gasteiger partial charge >= 0.3 is 5.97 Å². The van der Waals surface area contributed by atoms with Crippen molar-refractivity contribution in [1.82, 2.24) is 4.57 Å². The Morgan fingerprint density at radius 3 is 2.66 bits per heavy atom. The molecule has 6 nitrogen and oxygen atoms in total. The van der Waals surface area contributed by atoms with Gasteiger partial charge in [0.05, 0.1) is 28.5 Å². The van der Waals surface area contributed by atoms with Crippen LogP contribution < -0.4 is 19.6 Å². The van der Waals surface area contributed by atoms with E-state index in [-0.39, 0.29) is 18.3 Å². The number of hydrogen-bond acceptors (Lipinski definition) is 6. The first-order valence-corrected chi connectivity index (χ1v) is 12.4. The summed E-state index contributed by atoms with van der Waals surface area (Å²) in [4.78, 5) is 31.9. The fraction of sp³-hybridized carbons (Fsp3) is 0.250. The molecule has 2 unspecified atom stereocenters. The Labute approximate surface area is 207 Å². The average molecular weight is 487 g/mol. The lowest BCUT2D eigenvalue weighted by molar-refractivity contribution is -0.139. The Morgan fingerprint density at radius 1 is 1.17 bits per heavy atom. The van der Waals surface area contributed by atoms with Gasteiger partial charge in [-0.2, -0.15) is 0 Å². The molecule has 0 saturated carbocycles. The van der Waals surface area contributed by atoms with Gasteiger partial charge in [0, 0.05) is 5.56 Å². The van der Waals surface area contributed by atoms with Crippen LogP contribution in [0.5, 0.6) is 5.75 Å². The molecule has 0 radical (unpaired) electrons. The second-order valence-corrected chi connectivity index (χ2v) is 9.66. The zero-order valence-electron chi connectivity index (χ0n) is 20.1. The van der Waals surface area contributed by atoms with Crippen LogP contribution in [0.2, 0.25) is 0 Å². The highest BCUT2D eigenvalue weighted by Crippen LogP contribution is 2.32. The minimum Gasteiger partial charge on any atom is -0.485 e. The number of rotatable bonds is 4. The summed E-state index contributed by atoms with van der Waals surface area (Å²) in [5.41, 5.74) is 4.56. The summed E-state index contributed by atoms with van der Waals surface area (Å²) >= 11 is 1.32. The molecule has 178 valence electrons. The van der Waals surface area contributed by atoms with Gasteiger partial charge in [-0.3, -0.25) is 9.36 Å². The molecule has 5 rings (SSSR count). The van der Waals surface area contributed by atoms with Crippen LogP contribution in [0, 0.1) is 6.92 Å². The fourth-order valence-electron chi connectivity index (χ4n) is 4.43. The van der Waals surface area contributed by atoms with E-state index in [9.17, 15) is 9.59 Å². The van der Waals surface area contributed by atoms with Crippen LogP contribution in [0.3, 0.4) is 0 Å². The van der Waals surface area contributed by atoms with Crippen LogP contribution in [0.15, 0.2) is 75.2 Å². The Hall–Kier alpha value is -3.71. The van der Waals surface area contributed by atoms with E-state index in [1.165, 1.54) is 11.3 Å². The summed E-state index contributed by atoms with van der Waals surface area (Å²) in [6.07, 6.45) is 3.72. The van der Waals surface area contributed by atoms with E-state index in [2.05, 4.69) is 11.1 Å². The third-order valence-electron chi connectivity index (χ3n) is 6.22. The number of carbonyl (C=O) groups excluding carboxylic acids is 1. The molecule has 0 amide bonds. The summed E-state index contributed by atoms with van der Waals surface area (Å²) in [5, 5.41) is 0. The molecular formula is C28H26N2O4S. The van der Waals surface area contributed by atoms with Crippen molar-refractivity contribution in [3.63, 3.8) is 0 Å². The van der Waals surface area contributed by atoms with E-state index < -0.39 is 12.0 Å². The molecule has 2 aliphatic rings. The minimum atomic E-state index is -0.609. The molecule has 0 N–H and O–H groups in total. The number of ether oxygens (including phenoxy) is 2. The van der Waals surface area contributed by atoms with Gasteiger partial charge in [-0.1, -0.05) is 59.4 Å². The number of hydrogen-bond donors (Lipinski definition) is 0. The molecule has 2 aromatic carbocycles. The van der Waals surface area contributed by atoms with Crippen LogP contribution in [0.4, 0.5) is 0 Å². The summed E-state index contributed by atoms with van der Waals surface area (Å²) in [6.45, 7) is 7.77. The number of thiazole rings is 1. The van der Waals surface area contributed by atoms with Crippen LogP contribution in [0.1, 0.15) is 43.5 Å². The normalized spacial score (nSPS) is 19.3. The van der Waals surface area contributed by atoms with Crippen LogP contribution >= 0.6 is 11.3 Å². The first kappa shape index (κ1) is 23.1. The van der Waals surface area contributed by atoms with Crippen molar-refractivity contribution in [3.05, 3.63) is 102 Å². The quantitative estimate of drug-likeness (QED) is 0.524. The van der Waals surface area contributed by atoms with E-state index in [0.717, 1.165) is 28.0 Å². The van der Waals surface area contributed by atoms with Crippen molar-refractivity contribution in [3.8, 4) is 5.75 Å². The minimum absolute atomic E-state index is 0.194. The van der Waals surface area contributed by atoms with Crippen molar-refractivity contribution in [2.24, 2.45) is 4.99 Å². The molecule has 3 aromatic rings. The molecule has 1 aromatic heterocycles. The molecular weight excluding hydrogens is 460 g/mol. The van der Waals surface area contributed by atoms with E-state index in [0.29, 0.717) is 20.6 Å². The largest absolute Gasteiger partial charge is 0.485 e. The Kier molecular flexibility index (Phi) is 6.03. The van der Waals surface area contributed by atoms with Gasteiger partial charge < -0.3 is 9.47 Å². The molecule has 0 bridgehead atoms. The van der Waals surface area contributed by atoms with Crippen molar-refractivity contribution >= 4 is 29.5 Å². The zero-order chi connectivity index (χ0) is 24.7. The predicted octanol–water partition coefficient (Wildman–Crippen LogP) is 3.92. The highest BCUT2D eigenvalue weighted by molar-refractivity contribution is 7.07. The van der Waals surface area contributed by atoms with E-state index in [1.807, 2.05) is 68.5 Å². The second-order valence-electron chi connectivity index (χ2n) is 8.66. The zero-order valence-corrected chi connectivity index (χ0v) is 20.9. The van der Waals surface area contributed by atoms with Gasteiger partial charge in [0.15, 0.2) is 4.80 Å². The van der Waals surface area contributed by atoms with Crippen molar-refractivity contribution in [2.45, 2.75) is 39.8 Å². The molecule has 0 saturated heterocycles. The maximum absolute atomic E-state index is 13.8. The average Bonchev–Trinajstić information content (AvgIpc) is 3.13. The lowest BCUT2D eigenvalue weighted by atomic mass is 9.95. The number of aryl methyl sites for hydroxylation is 1. The van der Waals surface area contributed by atoms with E-state index >= 15 is 0 Å². The summed E-state index contributed by atoms with van der Waals surface area (Å²) in [7, 11) is 0. The Bertz CT molecular complexity index is 1560. The molecule has 0 spiro atoms. The first-order valence-electron chi connectivity index (χ1n) is 11.6. The second kappa shape index (κ2) is 9.15. The number of nitrogens with zero attached hydrogens (tertiary/aromatic N) is 2. The summed E-state index contributed by atoms with van der Waals surface area (Å²) in [5.74, 6) is 0.370. The van der Waals surface area contributed by atoms with E-state index in [4.69, 9.17) is 9.47 Å². The monoisotopic (exact) mass is 486 g/mol. The lowest BCUT2D eigenvalue weighted by Crippen LogP contribution is -2.40. The van der Waals surface area contributed by atoms with Crippen LogP contribution in [-0.4, -0.2) is 23.2 Å². The molecule has 2 aliphatic heterocycles. The molecule has 7 heteroatoms. The molecule has 2 atom stereocenters. The first-order chi connectivity index (χ1) is 16.9. The Balaban J connectivity index is 1.69. The highest BCUT2D eigenvalue weighted by atomic mass is 32.1. The summed E-state index contributed by atoms with van der Waals surface area (Å²) < 4.78 is 13.6. The molecule has 0 fully saturated rings. The van der Waals surface area contributed by atoms with Gasteiger partial charge in [0.2, 0.25) is 0 Å². The van der Waals surface area contributed by atoms with Gasteiger partial charge in [-0.05, 0) is 57.0 Å². The SMILES string of the molecule is CCOC(=O)C1=C(C)N=c2sc(=CC3=Cc4ccccc4OC3C)c(=O)n2C1c1ccc(C)cc1. The lowest BCUT2D eigenvalue weighted by Gasteiger charge is -2.24. The van der Waals surface area contributed by atoms with Crippen LogP contribution in [0.25, 0.3) is 12.2 Å². The Morgan fingerprint density at radius 2 is 1.91 bits per heavy atom. The number of para-hydroxylation sites is 1. The predicted molar refractivity (Wildman–Crippen MR) is 137 cm³/mol. The van der Waals surface area contributed by atoms with Crippen LogP contribution in [-0.2, 0) is 9.53 Å². The number of esters is 1. The number of fused-ring (bicyclic) bond motifs is 2. The maximum Gasteiger partial charge on any atom is 0.338 e. The van der Waals surface area contributed by atoms with Gasteiger partial charge in [0.1, 0.15) is 11.9 Å². The van der Waals surface area contributed by atoms with Gasteiger partial charge in [0.25, 0.3) is 5.56 Å². The number of allylic oxidation sites excluding steroid dienone is 1. The third-order valence-corrected chi connectivity index (χ3v) is 7.21. The molecule has 35 heavy (non-hydrogen) atoms. The van der Waals surface area contributed by atoms with E-state index in [1.54, 1.807) is 18.4 Å². The standard InChI is InChI=1S/C28H26N2O4S/c1-5-33-27(32)24-17(3)29-28-30(25(24)19-12-10-16(2)11-13-19)26(31)23(35-28)15-21-14-20-8-6-7-9-22(20)34-18(21)4/h6-15,18,25H,5H2,1-4H3. The van der Waals surface area contributed by atoms with Gasteiger partial charge in [-0.15, -0.1) is 0 Å². The number of aromatic nitrogens is 1. The smallest absolute Gasteiger partial charge is 0.338 e. The molecule has 0 aliphatic carbocycles. The summed E-state index contributed by atoms with van der Waals surface area (Å²) in [6, 6.07) is 15.1. The number of carbonyl (C=O) groups is 1. The topological polar surface area (TPSA) is 69.9 Å². The fourth-order valence-corrected chi connectivity index (χ4v) is 5.48. The highest BCUT2D eigenvalue weighted by Gasteiger charge is 2.33. The van der Waals surface area contributed by atoms with Crippen molar-refractivity contribution in [1.29, 1.82) is 0 Å². The number of benzene rings is 2. The van der Waals surface area contributed by atoms with Crippen molar-refractivity contribution in [2.75, 3.05) is 6.61 Å². The van der Waals surface area contributed by atoms with Gasteiger partial charge in [-0.25, -0.2) is 9.79 Å².